The summed E-state index contributed by atoms with van der Waals surface area (Å²) in [7, 11) is 1.36. The summed E-state index contributed by atoms with van der Waals surface area (Å²) in [4.78, 5) is 27.3. The third-order valence-corrected chi connectivity index (χ3v) is 6.27. The Morgan fingerprint density at radius 2 is 1.79 bits per heavy atom. The average Bonchev–Trinajstić information content (AvgIpc) is 2.84. The molecule has 0 aliphatic carbocycles. The molecule has 1 N–H and O–H groups in total. The first kappa shape index (κ1) is 22.9. The molecule has 0 unspecified atom stereocenters. The smallest absolute Gasteiger partial charge is 0.337 e. The Balaban J connectivity index is 1.54. The van der Waals surface area contributed by atoms with Crippen LogP contribution in [0.25, 0.3) is 0 Å². The zero-order chi connectivity index (χ0) is 23.4. The van der Waals surface area contributed by atoms with Crippen molar-refractivity contribution in [2.75, 3.05) is 18.6 Å². The topological polar surface area (TPSA) is 58.6 Å². The fraction of sp³-hybridized carbons (Fsp3) is 0.259. The number of rotatable bonds is 6. The van der Waals surface area contributed by atoms with Gasteiger partial charge in [0, 0.05) is 18.1 Å². The van der Waals surface area contributed by atoms with Crippen molar-refractivity contribution in [3.63, 3.8) is 0 Å². The Kier molecular flexibility index (Phi) is 6.99. The lowest BCUT2D eigenvalue weighted by Crippen LogP contribution is -2.33. The van der Waals surface area contributed by atoms with Gasteiger partial charge >= 0.3 is 5.97 Å². The van der Waals surface area contributed by atoms with Gasteiger partial charge in [-0.15, -0.1) is 0 Å². The van der Waals surface area contributed by atoms with Crippen molar-refractivity contribution >= 4 is 29.2 Å². The highest BCUT2D eigenvalue weighted by Gasteiger charge is 2.24. The van der Waals surface area contributed by atoms with Gasteiger partial charge in [0.05, 0.1) is 30.0 Å². The molecular formula is C27H27ClN2O3. The van der Waals surface area contributed by atoms with Gasteiger partial charge < -0.3 is 15.0 Å². The van der Waals surface area contributed by atoms with Gasteiger partial charge in [-0.1, -0.05) is 48.0 Å². The zero-order valence-corrected chi connectivity index (χ0v) is 19.6. The second-order valence-electron chi connectivity index (χ2n) is 8.27. The van der Waals surface area contributed by atoms with Crippen LogP contribution in [0.2, 0.25) is 5.02 Å². The number of benzene rings is 3. The summed E-state index contributed by atoms with van der Waals surface area (Å²) < 4.78 is 4.75. The molecule has 0 aromatic heterocycles. The molecule has 0 saturated heterocycles. The number of hydrogen-bond donors (Lipinski definition) is 1. The van der Waals surface area contributed by atoms with Crippen LogP contribution in [-0.2, 0) is 17.7 Å². The van der Waals surface area contributed by atoms with Gasteiger partial charge in [-0.25, -0.2) is 4.79 Å². The molecule has 33 heavy (non-hydrogen) atoms. The van der Waals surface area contributed by atoms with Gasteiger partial charge in [0.2, 0.25) is 0 Å². The van der Waals surface area contributed by atoms with Gasteiger partial charge in [0.25, 0.3) is 5.91 Å². The summed E-state index contributed by atoms with van der Waals surface area (Å²) in [5.74, 6) is -0.491. The molecule has 6 heteroatoms. The first-order valence-corrected chi connectivity index (χ1v) is 11.4. The quantitative estimate of drug-likeness (QED) is 0.486. The van der Waals surface area contributed by atoms with Crippen LogP contribution in [0, 0.1) is 0 Å². The molecule has 4 rings (SSSR count). The molecule has 0 saturated carbocycles. The molecule has 1 aliphatic rings. The predicted octanol–water partition coefficient (Wildman–Crippen LogP) is 5.57. The van der Waals surface area contributed by atoms with Crippen molar-refractivity contribution in [1.29, 1.82) is 0 Å². The van der Waals surface area contributed by atoms with Gasteiger partial charge in [-0.3, -0.25) is 4.79 Å². The minimum atomic E-state index is -0.380. The maximum absolute atomic E-state index is 13.3. The zero-order valence-electron chi connectivity index (χ0n) is 18.8. The molecule has 1 atom stereocenters. The number of carbonyl (C=O) groups excluding carboxylic acids is 2. The van der Waals surface area contributed by atoms with Crippen LogP contribution >= 0.6 is 11.6 Å². The van der Waals surface area contributed by atoms with Gasteiger partial charge in [0.1, 0.15) is 0 Å². The summed E-state index contributed by atoms with van der Waals surface area (Å²) in [6.07, 6.45) is 2.01. The highest BCUT2D eigenvalue weighted by Crippen LogP contribution is 2.33. The average molecular weight is 463 g/mol. The van der Waals surface area contributed by atoms with E-state index in [4.69, 9.17) is 16.3 Å². The second kappa shape index (κ2) is 10.1. The molecule has 1 amide bonds. The Hall–Kier alpha value is -3.31. The minimum Gasteiger partial charge on any atom is -0.465 e. The molecule has 0 bridgehead atoms. The maximum Gasteiger partial charge on any atom is 0.337 e. The normalized spacial score (nSPS) is 13.7. The number of nitrogens with zero attached hydrogens (tertiary/aromatic N) is 1. The van der Waals surface area contributed by atoms with E-state index < -0.39 is 0 Å². The van der Waals surface area contributed by atoms with E-state index in [1.165, 1.54) is 12.7 Å². The number of esters is 1. The summed E-state index contributed by atoms with van der Waals surface area (Å²) in [6.45, 7) is 3.55. The fourth-order valence-corrected chi connectivity index (χ4v) is 4.40. The first-order chi connectivity index (χ1) is 16.0. The number of halogens is 1. The number of hydrogen-bond acceptors (Lipinski definition) is 4. The van der Waals surface area contributed by atoms with Gasteiger partial charge in [-0.05, 0) is 66.8 Å². The van der Waals surface area contributed by atoms with E-state index in [2.05, 4.69) is 16.3 Å². The number of ether oxygens (including phenoxy) is 1. The van der Waals surface area contributed by atoms with Crippen LogP contribution < -0.4 is 10.2 Å². The van der Waals surface area contributed by atoms with E-state index in [-0.39, 0.29) is 17.9 Å². The fourth-order valence-electron chi connectivity index (χ4n) is 4.27. The van der Waals surface area contributed by atoms with Crippen molar-refractivity contribution in [2.45, 2.75) is 32.4 Å². The lowest BCUT2D eigenvalue weighted by molar-refractivity contribution is 0.0600. The lowest BCUT2D eigenvalue weighted by atomic mass is 9.96. The SMILES string of the molecule is COC(=O)c1ccc([C@H](C)NC(=O)c2cccc3c2N(Cc2ccc(Cl)cc2)CCC3)cc1. The van der Waals surface area contributed by atoms with Gasteiger partial charge in [0.15, 0.2) is 0 Å². The predicted molar refractivity (Wildman–Crippen MR) is 131 cm³/mol. The summed E-state index contributed by atoms with van der Waals surface area (Å²) in [5, 5.41) is 3.83. The third kappa shape index (κ3) is 5.20. The number of nitrogens with one attached hydrogen (secondary N) is 1. The summed E-state index contributed by atoms with van der Waals surface area (Å²) in [5.41, 5.74) is 5.43. The number of carbonyl (C=O) groups is 2. The first-order valence-electron chi connectivity index (χ1n) is 11.1. The summed E-state index contributed by atoms with van der Waals surface area (Å²) in [6, 6.07) is 20.7. The van der Waals surface area contributed by atoms with E-state index in [9.17, 15) is 9.59 Å². The largest absolute Gasteiger partial charge is 0.465 e. The Morgan fingerprint density at radius 1 is 1.06 bits per heavy atom. The molecule has 0 radical (unpaired) electrons. The minimum absolute atomic E-state index is 0.112. The number of aryl methyl sites for hydroxylation is 1. The van der Waals surface area contributed by atoms with E-state index in [1.54, 1.807) is 12.1 Å². The molecule has 5 nitrogen and oxygen atoms in total. The van der Waals surface area contributed by atoms with E-state index in [1.807, 2.05) is 55.5 Å². The summed E-state index contributed by atoms with van der Waals surface area (Å²) >= 11 is 6.04. The molecule has 3 aromatic rings. The van der Waals surface area contributed by atoms with Crippen LogP contribution in [-0.4, -0.2) is 25.5 Å². The van der Waals surface area contributed by atoms with E-state index in [0.717, 1.165) is 42.7 Å². The maximum atomic E-state index is 13.3. The molecule has 0 fully saturated rings. The highest BCUT2D eigenvalue weighted by molar-refractivity contribution is 6.30. The molecule has 1 aliphatic heterocycles. The van der Waals surface area contributed by atoms with Crippen LogP contribution in [0.15, 0.2) is 66.7 Å². The highest BCUT2D eigenvalue weighted by atomic mass is 35.5. The van der Waals surface area contributed by atoms with E-state index in [0.29, 0.717) is 16.1 Å². The molecule has 170 valence electrons. The van der Waals surface area contributed by atoms with E-state index >= 15 is 0 Å². The monoisotopic (exact) mass is 462 g/mol. The van der Waals surface area contributed by atoms with Crippen molar-refractivity contribution in [1.82, 2.24) is 5.32 Å². The number of amides is 1. The van der Waals surface area contributed by atoms with Crippen LogP contribution in [0.5, 0.6) is 0 Å². The number of fused-ring (bicyclic) bond motifs is 1. The van der Waals surface area contributed by atoms with Crippen molar-refractivity contribution in [3.8, 4) is 0 Å². The van der Waals surface area contributed by atoms with Gasteiger partial charge in [-0.2, -0.15) is 0 Å². The molecule has 3 aromatic carbocycles. The number of anilines is 1. The van der Waals surface area contributed by atoms with Crippen LogP contribution in [0.1, 0.15) is 56.8 Å². The Labute approximate surface area is 199 Å². The van der Waals surface area contributed by atoms with Crippen molar-refractivity contribution in [3.05, 3.63) is 99.6 Å². The second-order valence-corrected chi connectivity index (χ2v) is 8.71. The van der Waals surface area contributed by atoms with Crippen molar-refractivity contribution in [2.24, 2.45) is 0 Å². The lowest BCUT2D eigenvalue weighted by Gasteiger charge is -2.33. The third-order valence-electron chi connectivity index (χ3n) is 6.02. The number of para-hydroxylation sites is 1. The molecule has 1 heterocycles. The Bertz CT molecular complexity index is 1140. The van der Waals surface area contributed by atoms with Crippen LogP contribution in [0.3, 0.4) is 0 Å². The van der Waals surface area contributed by atoms with Crippen molar-refractivity contribution < 1.29 is 14.3 Å². The Morgan fingerprint density at radius 3 is 2.48 bits per heavy atom. The molecular weight excluding hydrogens is 436 g/mol. The number of methoxy groups -OCH3 is 1. The standard InChI is InChI=1S/C27H27ClN2O3/c1-18(20-10-12-22(13-11-20)27(32)33-2)29-26(31)24-7-3-5-21-6-4-16-30(25(21)24)17-19-8-14-23(28)15-9-19/h3,5,7-15,18H,4,6,16-17H2,1-2H3,(H,29,31)/t18-/m0/s1. The molecule has 0 spiro atoms. The van der Waals surface area contributed by atoms with Crippen LogP contribution in [0.4, 0.5) is 5.69 Å².